The van der Waals surface area contributed by atoms with Gasteiger partial charge in [-0.05, 0) is 26.3 Å². The van der Waals surface area contributed by atoms with E-state index < -0.39 is 0 Å². The fraction of sp³-hybridized carbons (Fsp3) is 0.450. The molecular formula is C20H30IN5OS. The second kappa shape index (κ2) is 12.7. The summed E-state index contributed by atoms with van der Waals surface area (Å²) in [6, 6.07) is 8.58. The topological polar surface area (TPSA) is 78.4 Å². The van der Waals surface area contributed by atoms with Gasteiger partial charge in [0, 0.05) is 32.1 Å². The molecule has 2 rings (SSSR count). The number of amides is 1. The number of guanidine groups is 1. The highest BCUT2D eigenvalue weighted by atomic mass is 127. The maximum Gasteiger partial charge on any atom is 0.263 e. The number of aryl methyl sites for hydroxylation is 2. The number of hydrogen-bond donors (Lipinski definition) is 3. The molecule has 0 saturated heterocycles. The average Bonchev–Trinajstić information content (AvgIpc) is 3.09. The van der Waals surface area contributed by atoms with Gasteiger partial charge in [0.25, 0.3) is 5.91 Å². The lowest BCUT2D eigenvalue weighted by Crippen LogP contribution is -2.41. The molecule has 0 aliphatic heterocycles. The molecule has 1 unspecified atom stereocenters. The number of halogens is 1. The molecule has 154 valence electrons. The molecule has 8 heteroatoms. The highest BCUT2D eigenvalue weighted by Gasteiger charge is 2.10. The summed E-state index contributed by atoms with van der Waals surface area (Å²) in [6.07, 6.45) is 0. The van der Waals surface area contributed by atoms with Gasteiger partial charge in [-0.15, -0.1) is 35.3 Å². The van der Waals surface area contributed by atoms with Crippen LogP contribution in [0.3, 0.4) is 0 Å². The highest BCUT2D eigenvalue weighted by Crippen LogP contribution is 2.16. The van der Waals surface area contributed by atoms with Gasteiger partial charge in [-0.25, -0.2) is 4.98 Å². The predicted octanol–water partition coefficient (Wildman–Crippen LogP) is 3.47. The molecule has 0 aliphatic rings. The second-order valence-electron chi connectivity index (χ2n) is 6.48. The smallest absolute Gasteiger partial charge is 0.263 e. The molecule has 0 bridgehead atoms. The van der Waals surface area contributed by atoms with E-state index in [2.05, 4.69) is 64.0 Å². The van der Waals surface area contributed by atoms with E-state index in [0.29, 0.717) is 30.4 Å². The zero-order valence-corrected chi connectivity index (χ0v) is 20.1. The minimum absolute atomic E-state index is 0. The number of hydrogen-bond acceptors (Lipinski definition) is 4. The normalized spacial score (nSPS) is 12.1. The Balaban J connectivity index is 0.00000392. The molecule has 1 aromatic heterocycles. The fourth-order valence-corrected chi connectivity index (χ4v) is 3.25. The SMILES string of the molecule is CCNC(=NCC(C)c1ccc(C)cc1)NCCNC(=O)c1scnc1C.I. The van der Waals surface area contributed by atoms with Crippen LogP contribution >= 0.6 is 35.3 Å². The van der Waals surface area contributed by atoms with Gasteiger partial charge in [-0.1, -0.05) is 36.8 Å². The Morgan fingerprint density at radius 1 is 1.14 bits per heavy atom. The maximum absolute atomic E-state index is 12.1. The minimum Gasteiger partial charge on any atom is -0.357 e. The van der Waals surface area contributed by atoms with Crippen molar-refractivity contribution in [1.29, 1.82) is 0 Å². The van der Waals surface area contributed by atoms with E-state index >= 15 is 0 Å². The number of aliphatic imine (C=N–C) groups is 1. The lowest BCUT2D eigenvalue weighted by atomic mass is 10.0. The van der Waals surface area contributed by atoms with E-state index in [9.17, 15) is 4.79 Å². The van der Waals surface area contributed by atoms with Gasteiger partial charge in [0.05, 0.1) is 11.2 Å². The lowest BCUT2D eigenvalue weighted by molar-refractivity contribution is 0.0957. The summed E-state index contributed by atoms with van der Waals surface area (Å²) in [5, 5.41) is 9.41. The predicted molar refractivity (Wildman–Crippen MR) is 128 cm³/mol. The van der Waals surface area contributed by atoms with Crippen molar-refractivity contribution in [1.82, 2.24) is 20.9 Å². The number of nitrogens with one attached hydrogen (secondary N) is 3. The third kappa shape index (κ3) is 7.75. The summed E-state index contributed by atoms with van der Waals surface area (Å²) in [4.78, 5) is 21.5. The Kier molecular flexibility index (Phi) is 11.1. The second-order valence-corrected chi connectivity index (χ2v) is 7.34. The first-order chi connectivity index (χ1) is 13.0. The lowest BCUT2D eigenvalue weighted by Gasteiger charge is -2.14. The Bertz CT molecular complexity index is 760. The van der Waals surface area contributed by atoms with Crippen LogP contribution < -0.4 is 16.0 Å². The van der Waals surface area contributed by atoms with Crippen LogP contribution in [-0.4, -0.2) is 43.0 Å². The zero-order chi connectivity index (χ0) is 19.6. The van der Waals surface area contributed by atoms with Gasteiger partial charge in [-0.2, -0.15) is 0 Å². The molecule has 0 saturated carbocycles. The number of benzene rings is 1. The number of rotatable bonds is 8. The number of thiazole rings is 1. The molecule has 2 aromatic rings. The largest absolute Gasteiger partial charge is 0.357 e. The van der Waals surface area contributed by atoms with Crippen LogP contribution in [-0.2, 0) is 0 Å². The zero-order valence-electron chi connectivity index (χ0n) is 16.9. The molecule has 6 nitrogen and oxygen atoms in total. The molecule has 1 heterocycles. The number of carbonyl (C=O) groups excluding carboxylic acids is 1. The fourth-order valence-electron chi connectivity index (χ4n) is 2.53. The third-order valence-electron chi connectivity index (χ3n) is 4.17. The number of carbonyl (C=O) groups is 1. The summed E-state index contributed by atoms with van der Waals surface area (Å²) in [7, 11) is 0. The molecule has 28 heavy (non-hydrogen) atoms. The van der Waals surface area contributed by atoms with E-state index in [4.69, 9.17) is 0 Å². The Morgan fingerprint density at radius 3 is 2.43 bits per heavy atom. The van der Waals surface area contributed by atoms with Crippen molar-refractivity contribution in [2.45, 2.75) is 33.6 Å². The Hall–Kier alpha value is -1.68. The number of aromatic nitrogens is 1. The van der Waals surface area contributed by atoms with E-state index in [1.54, 1.807) is 5.51 Å². The van der Waals surface area contributed by atoms with Gasteiger partial charge >= 0.3 is 0 Å². The Labute approximate surface area is 188 Å². The van der Waals surface area contributed by atoms with Gasteiger partial charge in [0.15, 0.2) is 5.96 Å². The first kappa shape index (κ1) is 24.4. The van der Waals surface area contributed by atoms with E-state index in [-0.39, 0.29) is 29.9 Å². The summed E-state index contributed by atoms with van der Waals surface area (Å²) < 4.78 is 0. The van der Waals surface area contributed by atoms with Crippen LogP contribution in [0.4, 0.5) is 0 Å². The van der Waals surface area contributed by atoms with E-state index in [1.807, 2.05) is 13.8 Å². The van der Waals surface area contributed by atoms with Crippen molar-refractivity contribution in [3.8, 4) is 0 Å². The van der Waals surface area contributed by atoms with E-state index in [1.165, 1.54) is 22.5 Å². The van der Waals surface area contributed by atoms with Crippen molar-refractivity contribution in [3.63, 3.8) is 0 Å². The van der Waals surface area contributed by atoms with Crippen LogP contribution in [0.1, 0.15) is 46.3 Å². The summed E-state index contributed by atoms with van der Waals surface area (Å²) in [5.41, 5.74) is 5.01. The average molecular weight is 515 g/mol. The van der Waals surface area contributed by atoms with Crippen molar-refractivity contribution >= 4 is 47.2 Å². The van der Waals surface area contributed by atoms with Crippen LogP contribution in [0.25, 0.3) is 0 Å². The molecule has 0 fully saturated rings. The van der Waals surface area contributed by atoms with Crippen LogP contribution in [0.15, 0.2) is 34.8 Å². The van der Waals surface area contributed by atoms with Gasteiger partial charge < -0.3 is 16.0 Å². The van der Waals surface area contributed by atoms with Gasteiger partial charge in [-0.3, -0.25) is 9.79 Å². The molecular weight excluding hydrogens is 485 g/mol. The van der Waals surface area contributed by atoms with Gasteiger partial charge in [0.1, 0.15) is 4.88 Å². The number of nitrogens with zero attached hydrogens (tertiary/aromatic N) is 2. The highest BCUT2D eigenvalue weighted by molar-refractivity contribution is 14.0. The summed E-state index contributed by atoms with van der Waals surface area (Å²) in [5.74, 6) is 1.03. The van der Waals surface area contributed by atoms with Gasteiger partial charge in [0.2, 0.25) is 0 Å². The van der Waals surface area contributed by atoms with Crippen molar-refractivity contribution in [2.75, 3.05) is 26.2 Å². The molecule has 0 spiro atoms. The van der Waals surface area contributed by atoms with Crippen LogP contribution in [0.2, 0.25) is 0 Å². The van der Waals surface area contributed by atoms with Crippen molar-refractivity contribution in [3.05, 3.63) is 51.5 Å². The first-order valence-electron chi connectivity index (χ1n) is 9.28. The van der Waals surface area contributed by atoms with Crippen LogP contribution in [0.5, 0.6) is 0 Å². The quantitative estimate of drug-likeness (QED) is 0.218. The standard InChI is InChI=1S/C20H29N5OS.HI/c1-5-21-20(24-12-15(3)17-8-6-14(2)7-9-17)23-11-10-22-19(26)18-16(4)25-13-27-18;/h6-9,13,15H,5,10-12H2,1-4H3,(H,22,26)(H2,21,23,24);1H. The monoisotopic (exact) mass is 515 g/mol. The van der Waals surface area contributed by atoms with E-state index in [0.717, 1.165) is 18.2 Å². The molecule has 3 N–H and O–H groups in total. The first-order valence-corrected chi connectivity index (χ1v) is 10.2. The summed E-state index contributed by atoms with van der Waals surface area (Å²) >= 11 is 1.36. The maximum atomic E-state index is 12.1. The minimum atomic E-state index is -0.0771. The van der Waals surface area contributed by atoms with Crippen molar-refractivity contribution in [2.24, 2.45) is 4.99 Å². The molecule has 1 amide bonds. The molecule has 0 aliphatic carbocycles. The third-order valence-corrected chi connectivity index (χ3v) is 5.10. The van der Waals surface area contributed by atoms with Crippen LogP contribution in [0, 0.1) is 13.8 Å². The van der Waals surface area contributed by atoms with Crippen molar-refractivity contribution < 1.29 is 4.79 Å². The molecule has 1 aromatic carbocycles. The Morgan fingerprint density at radius 2 is 1.82 bits per heavy atom. The molecule has 1 atom stereocenters. The summed E-state index contributed by atoms with van der Waals surface area (Å²) in [6.45, 7) is 10.8. The molecule has 0 radical (unpaired) electrons.